The highest BCUT2D eigenvalue weighted by Gasteiger charge is 2.53. The molecule has 0 spiro atoms. The highest BCUT2D eigenvalue weighted by molar-refractivity contribution is 5.66. The van der Waals surface area contributed by atoms with E-state index in [1.54, 1.807) is 6.08 Å². The van der Waals surface area contributed by atoms with Gasteiger partial charge in [-0.05, 0) is 150 Å². The lowest BCUT2D eigenvalue weighted by Crippen LogP contribution is -2.46. The van der Waals surface area contributed by atoms with Gasteiger partial charge in [-0.3, -0.25) is 4.79 Å². The first kappa shape index (κ1) is 44.2. The quantitative estimate of drug-likeness (QED) is 0.235. The fourth-order valence-corrected chi connectivity index (χ4v) is 8.00. The van der Waals surface area contributed by atoms with Crippen molar-refractivity contribution in [2.45, 2.75) is 208 Å². The highest BCUT2D eigenvalue weighted by atomic mass is 16.6. The summed E-state index contributed by atoms with van der Waals surface area (Å²) in [4.78, 5) is 11.7. The molecule has 4 heterocycles. The van der Waals surface area contributed by atoms with E-state index in [2.05, 4.69) is 100 Å². The number of rotatable bonds is 3. The summed E-state index contributed by atoms with van der Waals surface area (Å²) in [5, 5.41) is 10.7. The normalized spacial score (nSPS) is 38.3. The highest BCUT2D eigenvalue weighted by Crippen LogP contribution is 2.49. The van der Waals surface area contributed by atoms with Crippen LogP contribution in [-0.4, -0.2) is 45.7 Å². The molecule has 6 unspecified atom stereocenters. The molecule has 0 radical (unpaired) electrons. The first-order valence-corrected chi connectivity index (χ1v) is 19.8. The zero-order valence-electron chi connectivity index (χ0n) is 34.4. The lowest BCUT2D eigenvalue weighted by Gasteiger charge is -2.39. The van der Waals surface area contributed by atoms with Crippen LogP contribution in [0.2, 0.25) is 0 Å². The first-order chi connectivity index (χ1) is 23.4. The van der Waals surface area contributed by atoms with Crippen molar-refractivity contribution < 1.29 is 24.1 Å². The Balaban J connectivity index is 0.000000324. The van der Waals surface area contributed by atoms with Gasteiger partial charge in [0, 0.05) is 6.92 Å². The molecule has 2 saturated heterocycles. The maximum absolute atomic E-state index is 11.7. The number of aliphatic hydroxyl groups excluding tert-OH is 1. The summed E-state index contributed by atoms with van der Waals surface area (Å²) >= 11 is 0. The number of hydrogen-bond donors (Lipinski definition) is 1. The summed E-state index contributed by atoms with van der Waals surface area (Å²) in [6.45, 7) is 28.8. The third kappa shape index (κ3) is 12.6. The SMILES string of the molecule is C/C1=C\CC2(C(C)C)CCC(C)(O2)C(O)CC/C(C)=C/CC1.C=CC.CC(=O)OC1CC/C(C)=C/CC/C(C)=C/CC2(C(C)C)CCC1(C)O2. The van der Waals surface area contributed by atoms with Crippen molar-refractivity contribution >= 4 is 5.97 Å². The van der Waals surface area contributed by atoms with Crippen LogP contribution in [0.4, 0.5) is 0 Å². The number of carbonyl (C=O) groups excluding carboxylic acids is 1. The Morgan fingerprint density at radius 2 is 1.16 bits per heavy atom. The minimum Gasteiger partial charge on any atom is -0.459 e. The second-order valence-electron chi connectivity index (χ2n) is 17.1. The van der Waals surface area contributed by atoms with Crippen LogP contribution in [0, 0.1) is 11.8 Å². The summed E-state index contributed by atoms with van der Waals surface area (Å²) in [7, 11) is 0. The van der Waals surface area contributed by atoms with Crippen LogP contribution in [0.3, 0.4) is 0 Å². The Morgan fingerprint density at radius 1 is 0.760 bits per heavy atom. The molecule has 2 fully saturated rings. The maximum Gasteiger partial charge on any atom is 0.303 e. The summed E-state index contributed by atoms with van der Waals surface area (Å²) in [6.07, 6.45) is 24.5. The van der Waals surface area contributed by atoms with E-state index in [1.165, 1.54) is 29.2 Å². The number of ether oxygens (including phenoxy) is 3. The van der Waals surface area contributed by atoms with Gasteiger partial charge < -0.3 is 19.3 Å². The predicted molar refractivity (Wildman–Crippen MR) is 211 cm³/mol. The van der Waals surface area contributed by atoms with E-state index in [-0.39, 0.29) is 35.0 Å². The van der Waals surface area contributed by atoms with Gasteiger partial charge in [0.25, 0.3) is 0 Å². The third-order valence-corrected chi connectivity index (χ3v) is 12.0. The number of hydrogen-bond acceptors (Lipinski definition) is 5. The smallest absolute Gasteiger partial charge is 0.303 e. The molecule has 4 bridgehead atoms. The molecule has 50 heavy (non-hydrogen) atoms. The number of esters is 1. The molecule has 6 atom stereocenters. The van der Waals surface area contributed by atoms with Crippen LogP contribution in [0.15, 0.2) is 59.3 Å². The fourth-order valence-electron chi connectivity index (χ4n) is 8.00. The molecule has 0 aromatic heterocycles. The summed E-state index contributed by atoms with van der Waals surface area (Å²) in [5.41, 5.74) is 4.63. The van der Waals surface area contributed by atoms with Crippen molar-refractivity contribution in [2.24, 2.45) is 11.8 Å². The molecule has 286 valence electrons. The molecule has 1 N–H and O–H groups in total. The van der Waals surface area contributed by atoms with Crippen LogP contribution in [0.5, 0.6) is 0 Å². The van der Waals surface area contributed by atoms with E-state index < -0.39 is 5.60 Å². The van der Waals surface area contributed by atoms with Crippen LogP contribution in [0.25, 0.3) is 0 Å². The van der Waals surface area contributed by atoms with E-state index >= 15 is 0 Å². The fraction of sp³-hybridized carbons (Fsp3) is 0.756. The summed E-state index contributed by atoms with van der Waals surface area (Å²) in [5.74, 6) is 0.690. The topological polar surface area (TPSA) is 65.0 Å². The molecule has 0 aromatic rings. The molecule has 5 heteroatoms. The van der Waals surface area contributed by atoms with Gasteiger partial charge in [-0.2, -0.15) is 0 Å². The van der Waals surface area contributed by atoms with Crippen molar-refractivity contribution in [3.05, 3.63) is 59.3 Å². The Labute approximate surface area is 308 Å². The van der Waals surface area contributed by atoms with Crippen LogP contribution in [0.1, 0.15) is 173 Å². The number of allylic oxidation sites excluding steroid dienone is 7. The average Bonchev–Trinajstić information content (AvgIpc) is 3.60. The van der Waals surface area contributed by atoms with Crippen LogP contribution < -0.4 is 0 Å². The summed E-state index contributed by atoms with van der Waals surface area (Å²) < 4.78 is 19.1. The molecule has 0 aliphatic carbocycles. The van der Waals surface area contributed by atoms with Crippen LogP contribution in [-0.2, 0) is 19.0 Å². The molecule has 4 aliphatic rings. The van der Waals surface area contributed by atoms with E-state index in [9.17, 15) is 9.90 Å². The Morgan fingerprint density at radius 3 is 1.60 bits per heavy atom. The number of fused-ring (bicyclic) bond motifs is 4. The van der Waals surface area contributed by atoms with E-state index in [0.717, 1.165) is 89.9 Å². The average molecular weight is 697 g/mol. The van der Waals surface area contributed by atoms with Crippen molar-refractivity contribution in [3.63, 3.8) is 0 Å². The van der Waals surface area contributed by atoms with Crippen LogP contribution >= 0.6 is 0 Å². The van der Waals surface area contributed by atoms with Gasteiger partial charge >= 0.3 is 5.97 Å². The Hall–Kier alpha value is -1.95. The minimum atomic E-state index is -0.397. The molecule has 0 aromatic carbocycles. The lowest BCUT2D eigenvalue weighted by atomic mass is 9.82. The molecule has 0 saturated carbocycles. The minimum absolute atomic E-state index is 0.104. The largest absolute Gasteiger partial charge is 0.459 e. The standard InChI is InChI=1S/C22H36O3.C20H34O2.C3H6/c1-16(2)22-13-12-18(4)9-7-8-17(3)10-11-20(24-19(5)23)21(6,25-22)14-15-22;1-15(2)20-12-11-17(4)8-6-7-16(3)9-10-18(21)19(5,22-20)13-14-20;1-3-2/h8,12,16,20H,7,9-11,13-15H2,1-6H3;7,11,15,18,21H,6,8-10,12-14H2,1-5H3;3H,1H2,2H3/b17-8+,18-12+;16-7+,17-11+;. The second-order valence-corrected chi connectivity index (χ2v) is 17.1. The predicted octanol–water partition coefficient (Wildman–Crippen LogP) is 12.1. The summed E-state index contributed by atoms with van der Waals surface area (Å²) in [6, 6.07) is 0. The first-order valence-electron chi connectivity index (χ1n) is 19.8. The van der Waals surface area contributed by atoms with E-state index in [1.807, 2.05) is 6.92 Å². The third-order valence-electron chi connectivity index (χ3n) is 12.0. The molecular weight excluding hydrogens is 620 g/mol. The van der Waals surface area contributed by atoms with Crippen molar-refractivity contribution in [1.29, 1.82) is 0 Å². The zero-order chi connectivity index (χ0) is 37.8. The van der Waals surface area contributed by atoms with Crippen molar-refractivity contribution in [3.8, 4) is 0 Å². The monoisotopic (exact) mass is 697 g/mol. The van der Waals surface area contributed by atoms with Gasteiger partial charge in [0.05, 0.1) is 22.9 Å². The van der Waals surface area contributed by atoms with Gasteiger partial charge in [-0.25, -0.2) is 0 Å². The molecule has 5 nitrogen and oxygen atoms in total. The molecular formula is C45H76O5. The zero-order valence-corrected chi connectivity index (χ0v) is 34.4. The van der Waals surface area contributed by atoms with Gasteiger partial charge in [0.15, 0.2) is 0 Å². The Bertz CT molecular complexity index is 1220. The molecule has 4 aliphatic heterocycles. The van der Waals surface area contributed by atoms with Crippen molar-refractivity contribution in [2.75, 3.05) is 0 Å². The molecule has 0 amide bonds. The maximum atomic E-state index is 11.7. The lowest BCUT2D eigenvalue weighted by molar-refractivity contribution is -0.186. The van der Waals surface area contributed by atoms with E-state index in [4.69, 9.17) is 14.2 Å². The number of carbonyl (C=O) groups is 1. The van der Waals surface area contributed by atoms with Crippen molar-refractivity contribution in [1.82, 2.24) is 0 Å². The van der Waals surface area contributed by atoms with Gasteiger partial charge in [-0.15, -0.1) is 6.58 Å². The van der Waals surface area contributed by atoms with Gasteiger partial charge in [-0.1, -0.05) is 80.4 Å². The number of aliphatic hydroxyl groups is 1. The van der Waals surface area contributed by atoms with Gasteiger partial charge in [0.1, 0.15) is 11.7 Å². The van der Waals surface area contributed by atoms with E-state index in [0.29, 0.717) is 11.8 Å². The van der Waals surface area contributed by atoms with Gasteiger partial charge in [0.2, 0.25) is 0 Å². The Kier molecular flexibility index (Phi) is 17.5. The molecule has 4 rings (SSSR count). The second kappa shape index (κ2) is 19.8.